The molecule has 7 heteroatoms. The predicted octanol–water partition coefficient (Wildman–Crippen LogP) is 2.78. The van der Waals surface area contributed by atoms with Crippen molar-refractivity contribution in [3.63, 3.8) is 0 Å². The lowest BCUT2D eigenvalue weighted by atomic mass is 9.87. The van der Waals surface area contributed by atoms with Crippen molar-refractivity contribution in [3.05, 3.63) is 53.5 Å². The van der Waals surface area contributed by atoms with E-state index in [1.54, 1.807) is 12.3 Å². The van der Waals surface area contributed by atoms with E-state index in [0.717, 1.165) is 38.0 Å². The van der Waals surface area contributed by atoms with E-state index >= 15 is 0 Å². The van der Waals surface area contributed by atoms with E-state index in [1.165, 1.54) is 0 Å². The SMILES string of the molecule is Cc1ccc(C(=O)N2CCC([C@@H]3OCC[C@H]3Nc3cccc(C#N)n3)CC2)cn1. The number of ether oxygens (including phenoxy) is 1. The summed E-state index contributed by atoms with van der Waals surface area (Å²) in [5.41, 5.74) is 1.96. The van der Waals surface area contributed by atoms with Crippen LogP contribution in [-0.2, 0) is 4.74 Å². The van der Waals surface area contributed by atoms with Crippen LogP contribution in [0.15, 0.2) is 36.5 Å². The molecule has 4 rings (SSSR count). The zero-order chi connectivity index (χ0) is 20.2. The van der Waals surface area contributed by atoms with E-state index in [4.69, 9.17) is 10.00 Å². The summed E-state index contributed by atoms with van der Waals surface area (Å²) in [6.07, 6.45) is 4.50. The molecule has 4 heterocycles. The van der Waals surface area contributed by atoms with Gasteiger partial charge in [-0.2, -0.15) is 5.26 Å². The summed E-state index contributed by atoms with van der Waals surface area (Å²) in [4.78, 5) is 23.2. The molecule has 2 aliphatic heterocycles. The van der Waals surface area contributed by atoms with Crippen LogP contribution in [-0.4, -0.2) is 52.6 Å². The maximum Gasteiger partial charge on any atom is 0.255 e. The maximum absolute atomic E-state index is 12.7. The highest BCUT2D eigenvalue weighted by Crippen LogP contribution is 2.31. The lowest BCUT2D eigenvalue weighted by molar-refractivity contribution is 0.0260. The quantitative estimate of drug-likeness (QED) is 0.862. The molecule has 7 nitrogen and oxygen atoms in total. The molecule has 0 saturated carbocycles. The normalized spacial score (nSPS) is 22.3. The fraction of sp³-hybridized carbons (Fsp3) is 0.455. The van der Waals surface area contributed by atoms with Gasteiger partial charge in [0.05, 0.1) is 17.7 Å². The zero-order valence-electron chi connectivity index (χ0n) is 16.5. The first-order chi connectivity index (χ1) is 14.1. The fourth-order valence-corrected chi connectivity index (χ4v) is 4.21. The minimum atomic E-state index is 0.0514. The Morgan fingerprint density at radius 1 is 1.24 bits per heavy atom. The van der Waals surface area contributed by atoms with Crippen LogP contribution in [0.1, 0.15) is 41.0 Å². The molecule has 0 bridgehead atoms. The van der Waals surface area contributed by atoms with E-state index < -0.39 is 0 Å². The number of likely N-dealkylation sites (tertiary alicyclic amines) is 1. The van der Waals surface area contributed by atoms with Crippen LogP contribution < -0.4 is 5.32 Å². The maximum atomic E-state index is 12.7. The molecular weight excluding hydrogens is 366 g/mol. The van der Waals surface area contributed by atoms with E-state index in [0.29, 0.717) is 29.6 Å². The number of anilines is 1. The number of carbonyl (C=O) groups excluding carboxylic acids is 1. The average molecular weight is 391 g/mol. The summed E-state index contributed by atoms with van der Waals surface area (Å²) in [5, 5.41) is 12.5. The van der Waals surface area contributed by atoms with Crippen LogP contribution in [0.25, 0.3) is 0 Å². The highest BCUT2D eigenvalue weighted by molar-refractivity contribution is 5.94. The Bertz CT molecular complexity index is 900. The number of carbonyl (C=O) groups is 1. The molecule has 1 amide bonds. The first-order valence-corrected chi connectivity index (χ1v) is 10.1. The van der Waals surface area contributed by atoms with Crippen LogP contribution in [0.5, 0.6) is 0 Å². The second kappa shape index (κ2) is 8.58. The van der Waals surface area contributed by atoms with Gasteiger partial charge in [-0.15, -0.1) is 0 Å². The summed E-state index contributed by atoms with van der Waals surface area (Å²) in [7, 11) is 0. The van der Waals surface area contributed by atoms with E-state index in [9.17, 15) is 4.79 Å². The fourth-order valence-electron chi connectivity index (χ4n) is 4.21. The molecular formula is C22H25N5O2. The third kappa shape index (κ3) is 4.38. The minimum Gasteiger partial charge on any atom is -0.376 e. The van der Waals surface area contributed by atoms with Crippen molar-refractivity contribution in [2.45, 2.75) is 38.3 Å². The number of aryl methyl sites for hydroxylation is 1. The van der Waals surface area contributed by atoms with E-state index in [2.05, 4.69) is 21.4 Å². The summed E-state index contributed by atoms with van der Waals surface area (Å²) in [5.74, 6) is 1.16. The van der Waals surface area contributed by atoms with Crippen molar-refractivity contribution in [1.82, 2.24) is 14.9 Å². The molecule has 0 radical (unpaired) electrons. The number of amides is 1. The smallest absolute Gasteiger partial charge is 0.255 e. The Labute approximate surface area is 170 Å². The predicted molar refractivity (Wildman–Crippen MR) is 108 cm³/mol. The number of aromatic nitrogens is 2. The second-order valence-electron chi connectivity index (χ2n) is 7.71. The van der Waals surface area contributed by atoms with Crippen LogP contribution in [0.2, 0.25) is 0 Å². The summed E-state index contributed by atoms with van der Waals surface area (Å²) < 4.78 is 6.06. The lowest BCUT2D eigenvalue weighted by Gasteiger charge is -2.36. The molecule has 2 aromatic rings. The monoisotopic (exact) mass is 391 g/mol. The largest absolute Gasteiger partial charge is 0.376 e. The standard InChI is InChI=1S/C22H25N5O2/c1-15-5-6-17(14-24-15)22(28)27-10-7-16(8-11-27)21-19(9-12-29-21)26-20-4-2-3-18(13-23)25-20/h2-6,14,16,19,21H,7-12H2,1H3,(H,25,26)/t19-,21+/m1/s1. The number of rotatable bonds is 4. The molecule has 2 saturated heterocycles. The number of nitriles is 1. The molecule has 1 N–H and O–H groups in total. The number of hydrogen-bond acceptors (Lipinski definition) is 6. The average Bonchev–Trinajstić information content (AvgIpc) is 3.22. The summed E-state index contributed by atoms with van der Waals surface area (Å²) in [6.45, 7) is 4.09. The summed E-state index contributed by atoms with van der Waals surface area (Å²) in [6, 6.07) is 11.4. The molecule has 29 heavy (non-hydrogen) atoms. The van der Waals surface area contributed by atoms with Crippen molar-refractivity contribution >= 4 is 11.7 Å². The van der Waals surface area contributed by atoms with Crippen molar-refractivity contribution in [2.75, 3.05) is 25.0 Å². The van der Waals surface area contributed by atoms with Gasteiger partial charge in [-0.3, -0.25) is 9.78 Å². The topological polar surface area (TPSA) is 91.1 Å². The van der Waals surface area contributed by atoms with Crippen LogP contribution in [0.3, 0.4) is 0 Å². The molecule has 2 fully saturated rings. The summed E-state index contributed by atoms with van der Waals surface area (Å²) >= 11 is 0. The first-order valence-electron chi connectivity index (χ1n) is 10.1. The lowest BCUT2D eigenvalue weighted by Crippen LogP contribution is -2.44. The second-order valence-corrected chi connectivity index (χ2v) is 7.71. The van der Waals surface area contributed by atoms with Crippen LogP contribution >= 0.6 is 0 Å². The van der Waals surface area contributed by atoms with Gasteiger partial charge in [0, 0.05) is 31.6 Å². The van der Waals surface area contributed by atoms with Crippen molar-refractivity contribution in [1.29, 1.82) is 5.26 Å². The van der Waals surface area contributed by atoms with Gasteiger partial charge in [0.2, 0.25) is 0 Å². The van der Waals surface area contributed by atoms with Gasteiger partial charge < -0.3 is 15.0 Å². The number of nitrogens with zero attached hydrogens (tertiary/aromatic N) is 4. The van der Waals surface area contributed by atoms with Gasteiger partial charge in [-0.1, -0.05) is 6.07 Å². The zero-order valence-corrected chi connectivity index (χ0v) is 16.5. The Kier molecular flexibility index (Phi) is 5.72. The van der Waals surface area contributed by atoms with Crippen LogP contribution in [0.4, 0.5) is 5.82 Å². The Morgan fingerprint density at radius 2 is 2.07 bits per heavy atom. The van der Waals surface area contributed by atoms with Crippen molar-refractivity contribution in [3.8, 4) is 6.07 Å². The minimum absolute atomic E-state index is 0.0514. The highest BCUT2D eigenvalue weighted by atomic mass is 16.5. The third-order valence-corrected chi connectivity index (χ3v) is 5.78. The van der Waals surface area contributed by atoms with Gasteiger partial charge >= 0.3 is 0 Å². The van der Waals surface area contributed by atoms with Gasteiger partial charge in [0.15, 0.2) is 0 Å². The van der Waals surface area contributed by atoms with Crippen LogP contribution in [0, 0.1) is 24.2 Å². The number of pyridine rings is 2. The number of piperidine rings is 1. The first kappa shape index (κ1) is 19.3. The molecule has 0 aromatic carbocycles. The third-order valence-electron chi connectivity index (χ3n) is 5.78. The Morgan fingerprint density at radius 3 is 2.79 bits per heavy atom. The van der Waals surface area contributed by atoms with Gasteiger partial charge in [-0.05, 0) is 56.4 Å². The molecule has 2 aromatic heterocycles. The van der Waals surface area contributed by atoms with Gasteiger partial charge in [0.25, 0.3) is 5.91 Å². The molecule has 0 unspecified atom stereocenters. The molecule has 0 spiro atoms. The number of nitrogens with one attached hydrogen (secondary N) is 1. The highest BCUT2D eigenvalue weighted by Gasteiger charge is 2.37. The van der Waals surface area contributed by atoms with Crippen molar-refractivity contribution < 1.29 is 9.53 Å². The molecule has 2 aliphatic rings. The molecule has 2 atom stereocenters. The number of hydrogen-bond donors (Lipinski definition) is 1. The van der Waals surface area contributed by atoms with E-state index in [-0.39, 0.29) is 18.1 Å². The Hall–Kier alpha value is -2.98. The molecule has 150 valence electrons. The Balaban J connectivity index is 1.35. The van der Waals surface area contributed by atoms with Gasteiger partial charge in [-0.25, -0.2) is 4.98 Å². The van der Waals surface area contributed by atoms with E-state index in [1.807, 2.05) is 36.1 Å². The van der Waals surface area contributed by atoms with Gasteiger partial charge in [0.1, 0.15) is 17.6 Å². The molecule has 0 aliphatic carbocycles. The van der Waals surface area contributed by atoms with Crippen molar-refractivity contribution in [2.24, 2.45) is 5.92 Å².